The summed E-state index contributed by atoms with van der Waals surface area (Å²) in [7, 11) is 0.492. The number of benzene rings is 2. The van der Waals surface area contributed by atoms with Crippen LogP contribution >= 0.6 is 0 Å². The smallest absolute Gasteiger partial charge is 0.351 e. The molecule has 0 spiro atoms. The molecule has 0 saturated heterocycles. The van der Waals surface area contributed by atoms with Gasteiger partial charge in [0.2, 0.25) is 15.1 Å². The number of rotatable bonds is 9. The van der Waals surface area contributed by atoms with Gasteiger partial charge in [-0.05, 0) is 48.2 Å². The van der Waals surface area contributed by atoms with Crippen molar-refractivity contribution in [1.29, 1.82) is 0 Å². The molecular formula is C25H33O4Si. The molecule has 2 aromatic rings. The lowest BCUT2D eigenvalue weighted by molar-refractivity contribution is -0.149. The number of hydrogen-bond donors (Lipinski definition) is 0. The van der Waals surface area contributed by atoms with E-state index >= 15 is 0 Å². The average Bonchev–Trinajstić information content (AvgIpc) is 2.70. The zero-order valence-electron chi connectivity index (χ0n) is 18.9. The molecule has 30 heavy (non-hydrogen) atoms. The lowest BCUT2D eigenvalue weighted by atomic mass is 9.84. The molecule has 1 radical (unpaired) electrons. The molecule has 0 saturated carbocycles. The summed E-state index contributed by atoms with van der Waals surface area (Å²) in [6.45, 7) is 14.7. The van der Waals surface area contributed by atoms with Gasteiger partial charge in [0.05, 0.1) is 13.2 Å². The molecule has 0 N–H and O–H groups in total. The maximum atomic E-state index is 12.4. The zero-order chi connectivity index (χ0) is 22.3. The van der Waals surface area contributed by atoms with Gasteiger partial charge in [0.25, 0.3) is 0 Å². The minimum Gasteiger partial charge on any atom is -0.474 e. The first-order chi connectivity index (χ1) is 14.2. The fourth-order valence-electron chi connectivity index (χ4n) is 3.29. The van der Waals surface area contributed by atoms with E-state index in [1.165, 1.54) is 7.11 Å². The normalized spacial score (nSPS) is 13.6. The van der Waals surface area contributed by atoms with Crippen LogP contribution in [0.1, 0.15) is 49.7 Å². The molecule has 2 rings (SSSR count). The summed E-state index contributed by atoms with van der Waals surface area (Å²) in [5, 5.41) is 0. The molecule has 0 amide bonds. The third kappa shape index (κ3) is 6.31. The van der Waals surface area contributed by atoms with Crippen LogP contribution in [0.25, 0.3) is 0 Å². The summed E-state index contributed by atoms with van der Waals surface area (Å²) in [4.78, 5) is 12.4. The van der Waals surface area contributed by atoms with E-state index in [4.69, 9.17) is 13.9 Å². The van der Waals surface area contributed by atoms with Gasteiger partial charge in [-0.2, -0.15) is 0 Å². The van der Waals surface area contributed by atoms with Crippen molar-refractivity contribution in [1.82, 2.24) is 0 Å². The standard InChI is InChI=1S/C25H33O4Si/c1-8-12-19-17-20(23(25(2,3)4)29-30(6)7)15-16-21(19)28-22(24(26)27-5)18-13-10-9-11-14-18/h8-11,13-17,22-23H,1,12H2,2-7H3. The van der Waals surface area contributed by atoms with Gasteiger partial charge < -0.3 is 13.9 Å². The Kier molecular flexibility index (Phi) is 8.44. The van der Waals surface area contributed by atoms with E-state index in [1.807, 2.05) is 48.5 Å². The van der Waals surface area contributed by atoms with Crippen molar-refractivity contribution in [2.45, 2.75) is 52.5 Å². The lowest BCUT2D eigenvalue weighted by Crippen LogP contribution is -2.26. The highest BCUT2D eigenvalue weighted by Crippen LogP contribution is 2.39. The number of methoxy groups -OCH3 is 1. The molecule has 0 heterocycles. The highest BCUT2D eigenvalue weighted by atomic mass is 28.3. The van der Waals surface area contributed by atoms with Crippen molar-refractivity contribution in [2.75, 3.05) is 7.11 Å². The largest absolute Gasteiger partial charge is 0.474 e. The van der Waals surface area contributed by atoms with Gasteiger partial charge in [-0.25, -0.2) is 4.79 Å². The quantitative estimate of drug-likeness (QED) is 0.278. The minimum absolute atomic E-state index is 0.0236. The van der Waals surface area contributed by atoms with Crippen molar-refractivity contribution in [2.24, 2.45) is 5.41 Å². The number of ether oxygens (including phenoxy) is 2. The van der Waals surface area contributed by atoms with Crippen LogP contribution in [0.2, 0.25) is 13.1 Å². The minimum atomic E-state index is -0.879. The first-order valence-electron chi connectivity index (χ1n) is 10.2. The molecule has 5 heteroatoms. The first kappa shape index (κ1) is 23.9. The predicted octanol–water partition coefficient (Wildman–Crippen LogP) is 6.06. The number of hydrogen-bond acceptors (Lipinski definition) is 4. The van der Waals surface area contributed by atoms with E-state index in [-0.39, 0.29) is 11.5 Å². The Hall–Kier alpha value is -2.37. The van der Waals surface area contributed by atoms with Gasteiger partial charge in [-0.15, -0.1) is 6.58 Å². The number of carbonyl (C=O) groups excluding carboxylic acids is 1. The van der Waals surface area contributed by atoms with Gasteiger partial charge in [0.1, 0.15) is 5.75 Å². The van der Waals surface area contributed by atoms with Crippen LogP contribution in [0, 0.1) is 5.41 Å². The van der Waals surface area contributed by atoms with Crippen LogP contribution in [-0.4, -0.2) is 22.1 Å². The lowest BCUT2D eigenvalue weighted by Gasteiger charge is -2.33. The summed E-state index contributed by atoms with van der Waals surface area (Å²) in [5.74, 6) is 0.207. The number of esters is 1. The Morgan fingerprint density at radius 3 is 2.30 bits per heavy atom. The summed E-state index contributed by atoms with van der Waals surface area (Å²) in [5.41, 5.74) is 2.77. The fourth-order valence-corrected chi connectivity index (χ4v) is 4.25. The van der Waals surface area contributed by atoms with Gasteiger partial charge in [-0.1, -0.05) is 63.2 Å². The summed E-state index contributed by atoms with van der Waals surface area (Å²) < 4.78 is 17.5. The SMILES string of the molecule is C=CCc1cc(C(O[Si](C)C)C(C)(C)C)ccc1OC(C(=O)OC)c1ccccc1. The Balaban J connectivity index is 2.44. The van der Waals surface area contributed by atoms with Crippen molar-refractivity contribution in [3.8, 4) is 5.75 Å². The van der Waals surface area contributed by atoms with Crippen molar-refractivity contribution in [3.05, 3.63) is 77.9 Å². The van der Waals surface area contributed by atoms with E-state index < -0.39 is 21.1 Å². The van der Waals surface area contributed by atoms with Crippen LogP contribution in [-0.2, 0) is 20.4 Å². The number of carbonyl (C=O) groups is 1. The summed E-state index contributed by atoms with van der Waals surface area (Å²) >= 11 is 0. The van der Waals surface area contributed by atoms with E-state index in [0.29, 0.717) is 12.2 Å². The summed E-state index contributed by atoms with van der Waals surface area (Å²) in [6.07, 6.45) is 1.60. The van der Waals surface area contributed by atoms with E-state index in [2.05, 4.69) is 46.5 Å². The Morgan fingerprint density at radius 2 is 1.77 bits per heavy atom. The third-order valence-electron chi connectivity index (χ3n) is 4.65. The highest BCUT2D eigenvalue weighted by molar-refractivity contribution is 6.48. The van der Waals surface area contributed by atoms with Crippen LogP contribution in [0.5, 0.6) is 5.75 Å². The monoisotopic (exact) mass is 425 g/mol. The molecule has 0 fully saturated rings. The molecule has 4 nitrogen and oxygen atoms in total. The van der Waals surface area contributed by atoms with Crippen molar-refractivity contribution < 1.29 is 18.7 Å². The Bertz CT molecular complexity index is 840. The summed E-state index contributed by atoms with van der Waals surface area (Å²) in [6, 6.07) is 15.4. The van der Waals surface area contributed by atoms with Crippen LogP contribution in [0.4, 0.5) is 0 Å². The molecule has 0 bridgehead atoms. The van der Waals surface area contributed by atoms with Crippen LogP contribution in [0.3, 0.4) is 0 Å². The van der Waals surface area contributed by atoms with Crippen molar-refractivity contribution >= 4 is 15.0 Å². The molecule has 0 aliphatic carbocycles. The molecule has 2 atom stereocenters. The molecular weight excluding hydrogens is 392 g/mol. The third-order valence-corrected chi connectivity index (χ3v) is 5.36. The molecule has 2 unspecified atom stereocenters. The Morgan fingerprint density at radius 1 is 1.10 bits per heavy atom. The van der Waals surface area contributed by atoms with E-state index in [1.54, 1.807) is 0 Å². The van der Waals surface area contributed by atoms with Crippen LogP contribution in [0.15, 0.2) is 61.2 Å². The molecule has 0 aliphatic rings. The average molecular weight is 426 g/mol. The number of allylic oxidation sites excluding steroid dienone is 1. The maximum absolute atomic E-state index is 12.4. The second kappa shape index (κ2) is 10.6. The highest BCUT2D eigenvalue weighted by Gasteiger charge is 2.29. The van der Waals surface area contributed by atoms with Crippen molar-refractivity contribution in [3.63, 3.8) is 0 Å². The van der Waals surface area contributed by atoms with Gasteiger partial charge in [-0.3, -0.25) is 0 Å². The molecule has 2 aromatic carbocycles. The predicted molar refractivity (Wildman–Crippen MR) is 123 cm³/mol. The second-order valence-electron chi connectivity index (χ2n) is 8.56. The van der Waals surface area contributed by atoms with Gasteiger partial charge in [0.15, 0.2) is 0 Å². The van der Waals surface area contributed by atoms with Gasteiger partial charge in [0, 0.05) is 5.56 Å². The van der Waals surface area contributed by atoms with E-state index in [0.717, 1.165) is 16.7 Å². The maximum Gasteiger partial charge on any atom is 0.351 e. The molecule has 0 aromatic heterocycles. The van der Waals surface area contributed by atoms with Gasteiger partial charge >= 0.3 is 5.97 Å². The Labute approximate surface area is 182 Å². The molecule has 161 valence electrons. The first-order valence-corrected chi connectivity index (χ1v) is 12.6. The van der Waals surface area contributed by atoms with Crippen LogP contribution < -0.4 is 4.74 Å². The zero-order valence-corrected chi connectivity index (χ0v) is 19.9. The fraction of sp³-hybridized carbons (Fsp3) is 0.400. The second-order valence-corrected chi connectivity index (χ2v) is 10.6. The molecule has 0 aliphatic heterocycles. The van der Waals surface area contributed by atoms with E-state index in [9.17, 15) is 4.79 Å². The topological polar surface area (TPSA) is 44.8 Å².